The second-order valence-corrected chi connectivity index (χ2v) is 5.53. The minimum absolute atomic E-state index is 0.409. The van der Waals surface area contributed by atoms with E-state index in [4.69, 9.17) is 28.9 Å². The number of aromatic nitrogens is 3. The molecule has 0 atom stereocenters. The van der Waals surface area contributed by atoms with Crippen LogP contribution in [0.4, 0.5) is 5.82 Å². The summed E-state index contributed by atoms with van der Waals surface area (Å²) in [5, 5.41) is 8.89. The fourth-order valence-corrected chi connectivity index (χ4v) is 3.07. The van der Waals surface area contributed by atoms with Crippen LogP contribution in [0.15, 0.2) is 16.6 Å². The third-order valence-corrected chi connectivity index (χ3v) is 3.51. The van der Waals surface area contributed by atoms with E-state index in [9.17, 15) is 0 Å². The smallest absolute Gasteiger partial charge is 0.169 e. The van der Waals surface area contributed by atoms with Crippen LogP contribution in [0, 0.1) is 0 Å². The highest BCUT2D eigenvalue weighted by Gasteiger charge is 2.17. The van der Waals surface area contributed by atoms with Gasteiger partial charge in [0.05, 0.1) is 15.7 Å². The maximum absolute atomic E-state index is 6.21. The predicted molar refractivity (Wildman–Crippen MR) is 77.5 cm³/mol. The molecule has 0 aliphatic carbocycles. The summed E-state index contributed by atoms with van der Waals surface area (Å²) in [6.07, 6.45) is 1.70. The summed E-state index contributed by atoms with van der Waals surface area (Å²) < 4.78 is 2.42. The largest absolute Gasteiger partial charge is 0.381 e. The number of hydrogen-bond acceptors (Lipinski definition) is 3. The normalized spacial score (nSPS) is 10.9. The van der Waals surface area contributed by atoms with E-state index in [2.05, 4.69) is 33.2 Å². The van der Waals surface area contributed by atoms with Crippen LogP contribution >= 0.6 is 39.1 Å². The van der Waals surface area contributed by atoms with Gasteiger partial charge in [-0.1, -0.05) is 57.7 Å². The molecule has 1 heterocycles. The highest BCUT2D eigenvalue weighted by molar-refractivity contribution is 9.10. The van der Waals surface area contributed by atoms with Crippen LogP contribution in [-0.4, -0.2) is 15.0 Å². The van der Waals surface area contributed by atoms with E-state index >= 15 is 0 Å². The van der Waals surface area contributed by atoms with Gasteiger partial charge < -0.3 is 5.73 Å². The molecule has 2 rings (SSSR count). The molecule has 2 N–H and O–H groups in total. The van der Waals surface area contributed by atoms with Gasteiger partial charge in [0.2, 0.25) is 0 Å². The van der Waals surface area contributed by atoms with Crippen molar-refractivity contribution in [1.82, 2.24) is 15.0 Å². The van der Waals surface area contributed by atoms with E-state index in [1.807, 2.05) is 0 Å². The fraction of sp³-hybridized carbons (Fsp3) is 0.273. The molecule has 1 aromatic carbocycles. The molecule has 0 unspecified atom stereocenters. The van der Waals surface area contributed by atoms with Crippen molar-refractivity contribution in [3.8, 4) is 5.69 Å². The van der Waals surface area contributed by atoms with Gasteiger partial charge in [-0.25, -0.2) is 4.68 Å². The first kappa shape index (κ1) is 13.6. The van der Waals surface area contributed by atoms with Gasteiger partial charge in [0.25, 0.3) is 0 Å². The van der Waals surface area contributed by atoms with Crippen LogP contribution in [0.5, 0.6) is 0 Å². The van der Waals surface area contributed by atoms with Crippen LogP contribution in [0.25, 0.3) is 5.69 Å². The van der Waals surface area contributed by atoms with Gasteiger partial charge in [-0.05, 0) is 18.6 Å². The molecule has 0 saturated heterocycles. The lowest BCUT2D eigenvalue weighted by Crippen LogP contribution is -2.05. The Morgan fingerprint density at radius 3 is 2.50 bits per heavy atom. The molecule has 0 aliphatic rings. The molecule has 7 heteroatoms. The SMILES string of the molecule is CCCc1c(N)nnn1-c1c(Cl)cc(Br)cc1Cl. The number of nitrogens with zero attached hydrogens (tertiary/aromatic N) is 3. The second kappa shape index (κ2) is 5.47. The molecular formula is C11H11BrCl2N4. The van der Waals surface area contributed by atoms with Gasteiger partial charge in [0.15, 0.2) is 5.82 Å². The highest BCUT2D eigenvalue weighted by Crippen LogP contribution is 2.33. The standard InChI is InChI=1S/C11H11BrCl2N4/c1-2-3-9-11(15)16-17-18(9)10-7(13)4-6(12)5-8(10)14/h4-5H,2-3,15H2,1H3. The Kier molecular flexibility index (Phi) is 4.14. The lowest BCUT2D eigenvalue weighted by atomic mass is 10.2. The number of anilines is 1. The molecule has 0 aliphatic heterocycles. The molecule has 2 aromatic rings. The van der Waals surface area contributed by atoms with Gasteiger partial charge in [-0.2, -0.15) is 0 Å². The molecule has 0 saturated carbocycles. The molecule has 1 aromatic heterocycles. The van der Waals surface area contributed by atoms with Crippen LogP contribution < -0.4 is 5.73 Å². The summed E-state index contributed by atoms with van der Waals surface area (Å²) in [5.74, 6) is 0.409. The first-order chi connectivity index (χ1) is 8.54. The van der Waals surface area contributed by atoms with Crippen molar-refractivity contribution in [3.05, 3.63) is 32.3 Å². The molecule has 0 spiro atoms. The number of hydrogen-bond donors (Lipinski definition) is 1. The number of halogens is 3. The van der Waals surface area contributed by atoms with Crippen molar-refractivity contribution in [2.75, 3.05) is 5.73 Å². The van der Waals surface area contributed by atoms with E-state index in [0.29, 0.717) is 21.6 Å². The zero-order valence-corrected chi connectivity index (χ0v) is 12.7. The monoisotopic (exact) mass is 348 g/mol. The number of benzene rings is 1. The van der Waals surface area contributed by atoms with Gasteiger partial charge in [-0.15, -0.1) is 5.10 Å². The van der Waals surface area contributed by atoms with Crippen molar-refractivity contribution >= 4 is 44.9 Å². The molecule has 0 radical (unpaired) electrons. The van der Waals surface area contributed by atoms with Crippen LogP contribution in [0.2, 0.25) is 10.0 Å². The Morgan fingerprint density at radius 2 is 1.94 bits per heavy atom. The molecule has 4 nitrogen and oxygen atoms in total. The summed E-state index contributed by atoms with van der Waals surface area (Å²) in [5.41, 5.74) is 7.23. The van der Waals surface area contributed by atoms with Crippen LogP contribution in [-0.2, 0) is 6.42 Å². The number of nitrogens with two attached hydrogens (primary N) is 1. The van der Waals surface area contributed by atoms with Gasteiger partial charge in [-0.3, -0.25) is 0 Å². The summed E-state index contributed by atoms with van der Waals surface area (Å²) in [7, 11) is 0. The lowest BCUT2D eigenvalue weighted by Gasteiger charge is -2.10. The maximum Gasteiger partial charge on any atom is 0.169 e. The van der Waals surface area contributed by atoms with Crippen molar-refractivity contribution in [2.45, 2.75) is 19.8 Å². The van der Waals surface area contributed by atoms with Crippen molar-refractivity contribution in [1.29, 1.82) is 0 Å². The van der Waals surface area contributed by atoms with Gasteiger partial charge >= 0.3 is 0 Å². The average Bonchev–Trinajstić information content (AvgIpc) is 2.61. The van der Waals surface area contributed by atoms with E-state index < -0.39 is 0 Å². The summed E-state index contributed by atoms with van der Waals surface area (Å²) >= 11 is 15.7. The third kappa shape index (κ3) is 2.48. The van der Waals surface area contributed by atoms with E-state index in [0.717, 1.165) is 23.0 Å². The Balaban J connectivity index is 2.62. The Labute approximate surface area is 123 Å². The summed E-state index contributed by atoms with van der Waals surface area (Å²) in [6.45, 7) is 2.06. The van der Waals surface area contributed by atoms with Crippen molar-refractivity contribution < 1.29 is 0 Å². The predicted octanol–water partition coefficient (Wildman–Crippen LogP) is 3.87. The van der Waals surface area contributed by atoms with Crippen LogP contribution in [0.3, 0.4) is 0 Å². The van der Waals surface area contributed by atoms with Crippen molar-refractivity contribution in [3.63, 3.8) is 0 Å². The molecule has 0 bridgehead atoms. The van der Waals surface area contributed by atoms with Crippen LogP contribution in [0.1, 0.15) is 19.0 Å². The Morgan fingerprint density at radius 1 is 1.33 bits per heavy atom. The minimum atomic E-state index is 0.409. The number of rotatable bonds is 3. The van der Waals surface area contributed by atoms with Gasteiger partial charge in [0.1, 0.15) is 5.69 Å². The Hall–Kier alpha value is -0.780. The molecule has 0 fully saturated rings. The van der Waals surface area contributed by atoms with E-state index in [-0.39, 0.29) is 0 Å². The molecule has 18 heavy (non-hydrogen) atoms. The molecular weight excluding hydrogens is 339 g/mol. The topological polar surface area (TPSA) is 56.7 Å². The molecule has 0 amide bonds. The third-order valence-electron chi connectivity index (χ3n) is 2.47. The lowest BCUT2D eigenvalue weighted by molar-refractivity contribution is 0.746. The van der Waals surface area contributed by atoms with Crippen molar-refractivity contribution in [2.24, 2.45) is 0 Å². The maximum atomic E-state index is 6.21. The highest BCUT2D eigenvalue weighted by atomic mass is 79.9. The summed E-state index contributed by atoms with van der Waals surface area (Å²) in [6, 6.07) is 3.52. The zero-order valence-electron chi connectivity index (χ0n) is 9.62. The first-order valence-electron chi connectivity index (χ1n) is 5.39. The minimum Gasteiger partial charge on any atom is -0.381 e. The fourth-order valence-electron chi connectivity index (χ4n) is 1.70. The number of nitrogen functional groups attached to an aromatic ring is 1. The molecule has 96 valence electrons. The Bertz CT molecular complexity index is 559. The van der Waals surface area contributed by atoms with E-state index in [1.165, 1.54) is 0 Å². The summed E-state index contributed by atoms with van der Waals surface area (Å²) in [4.78, 5) is 0. The van der Waals surface area contributed by atoms with E-state index in [1.54, 1.807) is 16.8 Å². The zero-order chi connectivity index (χ0) is 13.3. The quantitative estimate of drug-likeness (QED) is 0.914. The second-order valence-electron chi connectivity index (χ2n) is 3.80. The average molecular weight is 350 g/mol. The van der Waals surface area contributed by atoms with Gasteiger partial charge in [0, 0.05) is 4.47 Å². The first-order valence-corrected chi connectivity index (χ1v) is 6.94.